The predicted octanol–water partition coefficient (Wildman–Crippen LogP) is 4.32. The van der Waals surface area contributed by atoms with Gasteiger partial charge in [0.15, 0.2) is 0 Å². The molecule has 2 N–H and O–H groups in total. The van der Waals surface area contributed by atoms with Crippen molar-refractivity contribution in [2.45, 2.75) is 37.3 Å². The number of hydrogen-bond donors (Lipinski definition) is 2. The highest BCUT2D eigenvalue weighted by Gasteiger charge is 2.45. The third-order valence-electron chi connectivity index (χ3n) is 6.64. The Kier molecular flexibility index (Phi) is 5.06. The van der Waals surface area contributed by atoms with Crippen LogP contribution >= 0.6 is 0 Å². The van der Waals surface area contributed by atoms with Crippen LogP contribution in [0.5, 0.6) is 0 Å². The average molecular weight is 485 g/mol. The number of halogens is 4. The molecule has 1 atom stereocenters. The Balaban J connectivity index is 1.25. The van der Waals surface area contributed by atoms with Gasteiger partial charge >= 0.3 is 0 Å². The number of pyridine rings is 2. The molecule has 0 aromatic carbocycles. The maximum atomic E-state index is 14.0. The molecule has 11 heteroatoms. The molecule has 4 aromatic heterocycles. The molecule has 1 saturated heterocycles. The smallest absolute Gasteiger partial charge is 0.281 e. The summed E-state index contributed by atoms with van der Waals surface area (Å²) in [6.45, 7) is 0.270. The van der Waals surface area contributed by atoms with Gasteiger partial charge in [-0.3, -0.25) is 9.08 Å². The van der Waals surface area contributed by atoms with Crippen LogP contribution in [-0.4, -0.2) is 55.1 Å². The van der Waals surface area contributed by atoms with E-state index in [9.17, 15) is 17.6 Å². The first kappa shape index (κ1) is 22.0. The number of imidazole rings is 1. The van der Waals surface area contributed by atoms with Crippen molar-refractivity contribution in [3.63, 3.8) is 0 Å². The first-order valence-corrected chi connectivity index (χ1v) is 11.5. The molecule has 7 nitrogen and oxygen atoms in total. The SMILES string of the molecule is FC1(F)CC(Cn2cc(-c3ccc4ncc(-c5cccc(NC6CNCC6(F)F)n5)n4c3)cn2)C1. The highest BCUT2D eigenvalue weighted by molar-refractivity contribution is 5.67. The molecule has 35 heavy (non-hydrogen) atoms. The molecule has 2 fully saturated rings. The van der Waals surface area contributed by atoms with E-state index in [1.54, 1.807) is 35.3 Å². The van der Waals surface area contributed by atoms with E-state index in [1.165, 1.54) is 0 Å². The van der Waals surface area contributed by atoms with E-state index in [2.05, 4.69) is 25.7 Å². The fourth-order valence-electron chi connectivity index (χ4n) is 4.78. The maximum Gasteiger partial charge on any atom is 0.281 e. The molecule has 0 amide bonds. The minimum Gasteiger partial charge on any atom is -0.360 e. The highest BCUT2D eigenvalue weighted by Crippen LogP contribution is 2.43. The Bertz CT molecular complexity index is 1370. The van der Waals surface area contributed by atoms with E-state index in [0.29, 0.717) is 29.4 Å². The number of nitrogens with zero attached hydrogens (tertiary/aromatic N) is 5. The van der Waals surface area contributed by atoms with Crippen molar-refractivity contribution >= 4 is 11.5 Å². The van der Waals surface area contributed by atoms with Crippen molar-refractivity contribution in [3.05, 3.63) is 55.1 Å². The zero-order chi connectivity index (χ0) is 24.2. The lowest BCUT2D eigenvalue weighted by Gasteiger charge is -2.34. The Morgan fingerprint density at radius 3 is 2.66 bits per heavy atom. The third kappa shape index (κ3) is 4.24. The zero-order valence-electron chi connectivity index (χ0n) is 18.6. The number of nitrogens with one attached hydrogen (secondary N) is 2. The minimum atomic E-state index is -2.85. The molecule has 2 aliphatic rings. The summed E-state index contributed by atoms with van der Waals surface area (Å²) in [5, 5.41) is 9.88. The van der Waals surface area contributed by atoms with Crippen LogP contribution in [0, 0.1) is 5.92 Å². The number of fused-ring (bicyclic) bond motifs is 1. The summed E-state index contributed by atoms with van der Waals surface area (Å²) in [5.41, 5.74) is 3.76. The highest BCUT2D eigenvalue weighted by atomic mass is 19.3. The van der Waals surface area contributed by atoms with E-state index < -0.39 is 17.9 Å². The average Bonchev–Trinajstić information content (AvgIpc) is 3.51. The van der Waals surface area contributed by atoms with Crippen LogP contribution in [0.25, 0.3) is 28.2 Å². The van der Waals surface area contributed by atoms with Gasteiger partial charge in [0.2, 0.25) is 5.92 Å². The van der Waals surface area contributed by atoms with E-state index >= 15 is 0 Å². The van der Waals surface area contributed by atoms with E-state index in [4.69, 9.17) is 0 Å². The molecule has 5 heterocycles. The van der Waals surface area contributed by atoms with E-state index in [0.717, 1.165) is 11.1 Å². The van der Waals surface area contributed by atoms with Crippen molar-refractivity contribution in [3.8, 4) is 22.5 Å². The summed E-state index contributed by atoms with van der Waals surface area (Å²) in [7, 11) is 0. The minimum absolute atomic E-state index is 0.0626. The summed E-state index contributed by atoms with van der Waals surface area (Å²) in [6, 6.07) is 8.00. The van der Waals surface area contributed by atoms with Gasteiger partial charge in [-0.1, -0.05) is 6.07 Å². The Morgan fingerprint density at radius 2 is 1.89 bits per heavy atom. The Labute approximate surface area is 198 Å². The van der Waals surface area contributed by atoms with Crippen LogP contribution in [0.2, 0.25) is 0 Å². The molecular weight excluding hydrogens is 462 g/mol. The lowest BCUT2D eigenvalue weighted by molar-refractivity contribution is -0.114. The van der Waals surface area contributed by atoms with E-state index in [1.807, 2.05) is 28.9 Å². The summed E-state index contributed by atoms with van der Waals surface area (Å²) in [4.78, 5) is 8.99. The number of hydrogen-bond acceptors (Lipinski definition) is 5. The molecule has 1 saturated carbocycles. The first-order valence-electron chi connectivity index (χ1n) is 11.5. The van der Waals surface area contributed by atoms with Crippen LogP contribution in [0.15, 0.2) is 55.1 Å². The van der Waals surface area contributed by atoms with Gasteiger partial charge < -0.3 is 10.6 Å². The standard InChI is InChI=1S/C24H23F4N7/c25-23(26)6-15(7-23)11-34-12-17(8-31-34)16-4-5-22-30-9-19(35(22)13-16)18-2-1-3-21(32-18)33-20-10-29-14-24(20,27)28/h1-5,8-9,12-13,15,20,29H,6-7,10-11,14H2,(H,32,33). The summed E-state index contributed by atoms with van der Waals surface area (Å²) in [5.74, 6) is -5.09. The van der Waals surface area contributed by atoms with Gasteiger partial charge in [-0.25, -0.2) is 27.5 Å². The molecule has 1 aliphatic carbocycles. The molecule has 0 radical (unpaired) electrons. The molecule has 0 bridgehead atoms. The van der Waals surface area contributed by atoms with Crippen molar-refractivity contribution in [1.82, 2.24) is 29.5 Å². The number of aromatic nitrogens is 5. The van der Waals surface area contributed by atoms with Crippen LogP contribution < -0.4 is 10.6 Å². The van der Waals surface area contributed by atoms with Gasteiger partial charge in [0.25, 0.3) is 5.92 Å². The first-order chi connectivity index (χ1) is 16.8. The fourth-order valence-corrected chi connectivity index (χ4v) is 4.78. The molecular formula is C24H23F4N7. The number of alkyl halides is 4. The van der Waals surface area contributed by atoms with Gasteiger partial charge in [0.1, 0.15) is 17.5 Å². The Morgan fingerprint density at radius 1 is 1.03 bits per heavy atom. The summed E-state index contributed by atoms with van der Waals surface area (Å²) in [6.07, 6.45) is 6.98. The van der Waals surface area contributed by atoms with Gasteiger partial charge in [0.05, 0.1) is 30.3 Å². The quantitative estimate of drug-likeness (QED) is 0.398. The number of anilines is 1. The normalized spacial score (nSPS) is 21.3. The molecule has 1 aliphatic heterocycles. The van der Waals surface area contributed by atoms with Crippen molar-refractivity contribution < 1.29 is 17.6 Å². The van der Waals surface area contributed by atoms with Crippen LogP contribution in [0.3, 0.4) is 0 Å². The molecule has 182 valence electrons. The Hall–Kier alpha value is -3.47. The van der Waals surface area contributed by atoms with Crippen molar-refractivity contribution in [2.75, 3.05) is 18.4 Å². The van der Waals surface area contributed by atoms with Crippen LogP contribution in [0.1, 0.15) is 12.8 Å². The second-order valence-electron chi connectivity index (χ2n) is 9.37. The molecule has 1 unspecified atom stereocenters. The third-order valence-corrected chi connectivity index (χ3v) is 6.64. The van der Waals surface area contributed by atoms with Crippen LogP contribution in [0.4, 0.5) is 23.4 Å². The van der Waals surface area contributed by atoms with E-state index in [-0.39, 0.29) is 31.8 Å². The fraction of sp³-hybridized carbons (Fsp3) is 0.375. The van der Waals surface area contributed by atoms with Gasteiger partial charge in [-0.15, -0.1) is 0 Å². The second-order valence-corrected chi connectivity index (χ2v) is 9.37. The zero-order valence-corrected chi connectivity index (χ0v) is 18.6. The van der Waals surface area contributed by atoms with Gasteiger partial charge in [0, 0.05) is 49.5 Å². The van der Waals surface area contributed by atoms with Gasteiger partial charge in [-0.05, 0) is 30.2 Å². The van der Waals surface area contributed by atoms with Crippen molar-refractivity contribution in [2.24, 2.45) is 5.92 Å². The second kappa shape index (κ2) is 8.04. The summed E-state index contributed by atoms with van der Waals surface area (Å²) >= 11 is 0. The lowest BCUT2D eigenvalue weighted by atomic mass is 9.81. The largest absolute Gasteiger partial charge is 0.360 e. The molecule has 0 spiro atoms. The predicted molar refractivity (Wildman–Crippen MR) is 123 cm³/mol. The molecule has 6 rings (SSSR count). The number of rotatable bonds is 6. The maximum absolute atomic E-state index is 14.0. The lowest BCUT2D eigenvalue weighted by Crippen LogP contribution is -2.38. The van der Waals surface area contributed by atoms with Crippen molar-refractivity contribution in [1.29, 1.82) is 0 Å². The van der Waals surface area contributed by atoms with Gasteiger partial charge in [-0.2, -0.15) is 5.10 Å². The monoisotopic (exact) mass is 485 g/mol. The molecule has 4 aromatic rings. The summed E-state index contributed by atoms with van der Waals surface area (Å²) < 4.78 is 57.9. The van der Waals surface area contributed by atoms with Crippen LogP contribution in [-0.2, 0) is 6.54 Å². The topological polar surface area (TPSA) is 72.1 Å².